The van der Waals surface area contributed by atoms with Gasteiger partial charge in [-0.05, 0) is 56.0 Å². The Morgan fingerprint density at radius 2 is 2.09 bits per heavy atom. The summed E-state index contributed by atoms with van der Waals surface area (Å²) in [6, 6.07) is 5.13. The molecule has 4 heterocycles. The second-order valence-electron chi connectivity index (χ2n) is 8.23. The van der Waals surface area contributed by atoms with Crippen LogP contribution in [0.3, 0.4) is 0 Å². The number of methoxy groups -OCH3 is 1. The van der Waals surface area contributed by atoms with E-state index in [4.69, 9.17) is 19.2 Å². The third-order valence-electron chi connectivity index (χ3n) is 6.20. The minimum atomic E-state index is -0.296. The molecule has 2 unspecified atom stereocenters. The summed E-state index contributed by atoms with van der Waals surface area (Å²) in [5.74, 6) is 2.08. The molecule has 1 aliphatic carbocycles. The third-order valence-corrected chi connectivity index (χ3v) is 6.20. The Morgan fingerprint density at radius 3 is 2.85 bits per heavy atom. The zero-order valence-corrected chi connectivity index (χ0v) is 18.7. The first-order chi connectivity index (χ1) is 16.2. The van der Waals surface area contributed by atoms with Gasteiger partial charge < -0.3 is 19.1 Å². The zero-order chi connectivity index (χ0) is 22.8. The molecule has 2 aromatic heterocycles. The standard InChI is InChI=1S/C25H26N4O4/c1-17-8-11-28-23(30)15-21(18-6-9-26-10-7-18)27-25(28)29(17)24(22-16-32-12-13-33-22)19-4-3-5-20(14-19)31-2/h5-7,9-10,12-17,24H,3-4,8,11H2,1-2H3. The minimum Gasteiger partial charge on any atom is -0.497 e. The Morgan fingerprint density at radius 1 is 1.24 bits per heavy atom. The van der Waals surface area contributed by atoms with E-state index >= 15 is 0 Å². The van der Waals surface area contributed by atoms with Crippen molar-refractivity contribution in [2.24, 2.45) is 0 Å². The van der Waals surface area contributed by atoms with E-state index in [0.717, 1.165) is 36.2 Å². The van der Waals surface area contributed by atoms with Crippen molar-refractivity contribution in [1.82, 2.24) is 14.5 Å². The first-order valence-corrected chi connectivity index (χ1v) is 11.1. The average Bonchev–Trinajstić information content (AvgIpc) is 2.87. The Balaban J connectivity index is 1.67. The Bertz CT molecular complexity index is 1210. The number of ether oxygens (including phenoxy) is 3. The van der Waals surface area contributed by atoms with E-state index in [9.17, 15) is 4.79 Å². The van der Waals surface area contributed by atoms with Crippen LogP contribution < -0.4 is 10.5 Å². The van der Waals surface area contributed by atoms with Crippen LogP contribution in [0.15, 0.2) is 83.4 Å². The van der Waals surface area contributed by atoms with E-state index in [1.165, 1.54) is 12.5 Å². The summed E-state index contributed by atoms with van der Waals surface area (Å²) in [4.78, 5) is 24.4. The smallest absolute Gasteiger partial charge is 0.255 e. The summed E-state index contributed by atoms with van der Waals surface area (Å²) in [7, 11) is 1.67. The molecule has 0 N–H and O–H groups in total. The average molecular weight is 447 g/mol. The number of anilines is 1. The fraction of sp³-hybridized carbons (Fsp3) is 0.320. The second kappa shape index (κ2) is 8.97. The summed E-state index contributed by atoms with van der Waals surface area (Å²) in [5, 5.41) is 0. The number of pyridine rings is 1. The van der Waals surface area contributed by atoms with Gasteiger partial charge in [0, 0.05) is 36.6 Å². The summed E-state index contributed by atoms with van der Waals surface area (Å²) in [6.45, 7) is 2.76. The van der Waals surface area contributed by atoms with Crippen LogP contribution in [0.4, 0.5) is 5.95 Å². The first-order valence-electron chi connectivity index (χ1n) is 11.1. The highest BCUT2D eigenvalue weighted by Crippen LogP contribution is 2.36. The van der Waals surface area contributed by atoms with E-state index in [2.05, 4.69) is 22.9 Å². The number of aromatic nitrogens is 3. The molecule has 0 saturated heterocycles. The van der Waals surface area contributed by atoms with Gasteiger partial charge in [0.1, 0.15) is 30.6 Å². The molecule has 2 atom stereocenters. The van der Waals surface area contributed by atoms with Gasteiger partial charge >= 0.3 is 0 Å². The summed E-state index contributed by atoms with van der Waals surface area (Å²) < 4.78 is 18.7. The van der Waals surface area contributed by atoms with Crippen LogP contribution >= 0.6 is 0 Å². The maximum Gasteiger partial charge on any atom is 0.255 e. The first kappa shape index (κ1) is 21.1. The second-order valence-corrected chi connectivity index (χ2v) is 8.23. The predicted octanol–water partition coefficient (Wildman–Crippen LogP) is 3.88. The number of hydrogen-bond acceptors (Lipinski definition) is 7. The van der Waals surface area contributed by atoms with Crippen molar-refractivity contribution < 1.29 is 14.2 Å². The van der Waals surface area contributed by atoms with Crippen LogP contribution in [-0.2, 0) is 20.8 Å². The van der Waals surface area contributed by atoms with Crippen molar-refractivity contribution in [1.29, 1.82) is 0 Å². The van der Waals surface area contributed by atoms with Gasteiger partial charge in [-0.15, -0.1) is 0 Å². The molecule has 0 fully saturated rings. The highest BCUT2D eigenvalue weighted by Gasteiger charge is 2.37. The van der Waals surface area contributed by atoms with E-state index < -0.39 is 0 Å². The molecule has 2 aliphatic heterocycles. The van der Waals surface area contributed by atoms with E-state index in [0.29, 0.717) is 23.9 Å². The number of nitrogens with zero attached hydrogens (tertiary/aromatic N) is 4. The van der Waals surface area contributed by atoms with Gasteiger partial charge in [0.15, 0.2) is 5.76 Å². The van der Waals surface area contributed by atoms with Crippen LogP contribution in [0.2, 0.25) is 0 Å². The van der Waals surface area contributed by atoms with E-state index in [-0.39, 0.29) is 17.6 Å². The molecule has 0 aromatic carbocycles. The van der Waals surface area contributed by atoms with E-state index in [1.54, 1.807) is 36.4 Å². The Hall–Kier alpha value is -3.81. The molecule has 0 saturated carbocycles. The summed E-state index contributed by atoms with van der Waals surface area (Å²) >= 11 is 0. The number of hydrogen-bond donors (Lipinski definition) is 0. The molecule has 8 nitrogen and oxygen atoms in total. The lowest BCUT2D eigenvalue weighted by molar-refractivity contribution is 0.233. The number of fused-ring (bicyclic) bond motifs is 1. The van der Waals surface area contributed by atoms with Crippen molar-refractivity contribution in [3.8, 4) is 11.3 Å². The number of allylic oxidation sites excluding steroid dienone is 2. The van der Waals surface area contributed by atoms with Crippen LogP contribution in [-0.4, -0.2) is 33.7 Å². The summed E-state index contributed by atoms with van der Waals surface area (Å²) in [5.41, 5.74) is 2.51. The van der Waals surface area contributed by atoms with Gasteiger partial charge in [-0.25, -0.2) is 4.98 Å². The monoisotopic (exact) mass is 446 g/mol. The molecular weight excluding hydrogens is 420 g/mol. The Kier molecular flexibility index (Phi) is 5.73. The minimum absolute atomic E-state index is 0.0766. The molecule has 8 heteroatoms. The molecule has 5 rings (SSSR count). The fourth-order valence-electron chi connectivity index (χ4n) is 4.55. The van der Waals surface area contributed by atoms with Crippen molar-refractivity contribution in [2.45, 2.75) is 44.8 Å². The number of rotatable bonds is 5. The highest BCUT2D eigenvalue weighted by molar-refractivity contribution is 5.60. The van der Waals surface area contributed by atoms with Gasteiger partial charge in [0.25, 0.3) is 5.56 Å². The molecule has 170 valence electrons. The molecule has 3 aliphatic rings. The topological polar surface area (TPSA) is 78.7 Å². The van der Waals surface area contributed by atoms with Crippen LogP contribution in [0.5, 0.6) is 0 Å². The van der Waals surface area contributed by atoms with Gasteiger partial charge in [-0.2, -0.15) is 0 Å². The lowest BCUT2D eigenvalue weighted by Gasteiger charge is -2.43. The molecule has 0 radical (unpaired) electrons. The molecular formula is C25H26N4O4. The van der Waals surface area contributed by atoms with Crippen LogP contribution in [0, 0.1) is 0 Å². The van der Waals surface area contributed by atoms with Crippen molar-refractivity contribution in [3.05, 3.63) is 89.0 Å². The SMILES string of the molecule is COC1=CCCC(C(C2=COC=CO2)N2c3nc(-c4ccncc4)cc(=O)n3CCC2C)=C1. The fourth-order valence-corrected chi connectivity index (χ4v) is 4.55. The third kappa shape index (κ3) is 4.04. The largest absolute Gasteiger partial charge is 0.497 e. The quantitative estimate of drug-likeness (QED) is 0.690. The van der Waals surface area contributed by atoms with Crippen molar-refractivity contribution in [3.63, 3.8) is 0 Å². The zero-order valence-electron chi connectivity index (χ0n) is 18.7. The molecule has 0 bridgehead atoms. The molecule has 2 aromatic rings. The summed E-state index contributed by atoms with van der Waals surface area (Å²) in [6.07, 6.45) is 14.7. The lowest BCUT2D eigenvalue weighted by atomic mass is 9.92. The maximum absolute atomic E-state index is 13.1. The van der Waals surface area contributed by atoms with Crippen LogP contribution in [0.25, 0.3) is 11.3 Å². The lowest BCUT2D eigenvalue weighted by Crippen LogP contribution is -2.51. The van der Waals surface area contributed by atoms with Gasteiger partial charge in [-0.3, -0.25) is 14.3 Å². The van der Waals surface area contributed by atoms with Crippen LogP contribution in [0.1, 0.15) is 26.2 Å². The Labute approximate surface area is 192 Å². The van der Waals surface area contributed by atoms with Gasteiger partial charge in [0.2, 0.25) is 5.95 Å². The van der Waals surface area contributed by atoms with Gasteiger partial charge in [0.05, 0.1) is 12.8 Å². The van der Waals surface area contributed by atoms with Crippen molar-refractivity contribution in [2.75, 3.05) is 12.0 Å². The highest BCUT2D eigenvalue weighted by atomic mass is 16.5. The van der Waals surface area contributed by atoms with Crippen molar-refractivity contribution >= 4 is 5.95 Å². The molecule has 33 heavy (non-hydrogen) atoms. The molecule has 0 spiro atoms. The van der Waals surface area contributed by atoms with Gasteiger partial charge in [-0.1, -0.05) is 0 Å². The maximum atomic E-state index is 13.1. The van der Waals surface area contributed by atoms with E-state index in [1.807, 2.05) is 18.2 Å². The molecule has 0 amide bonds. The normalized spacial score (nSPS) is 20.5. The predicted molar refractivity (Wildman–Crippen MR) is 124 cm³/mol.